The Hall–Kier alpha value is -1.73. The standard InChI is InChI=1S/C37H46O4S2Se/c1-26(2)31-23-22-27(3)24-32(31)40-34-25-37(36(39)41-34,44-30-18-11-6-12-19-30)33(38)20-13-21-35(42-28-14-7-4-8-15-28)43-29-16-9-5-10-17-29/h4-12,14-19,26-27,31-35,38H,13,20-25H2,1-3H3/t27-,31+,32-,33+,34-,37?/m1/s1. The summed E-state index contributed by atoms with van der Waals surface area (Å²) in [6.45, 7) is 6.83. The summed E-state index contributed by atoms with van der Waals surface area (Å²) in [6, 6.07) is 31.2. The number of benzene rings is 3. The predicted molar refractivity (Wildman–Crippen MR) is 183 cm³/mol. The molecule has 4 nitrogen and oxygen atoms in total. The number of ether oxygens (including phenoxy) is 2. The SMILES string of the molecule is CC(C)[C@@H]1CC[C@@H](C)C[C@H]1O[C@H]1CC([Se]c2ccccc2)([C@@H](O)CCCC(Sc2ccccc2)Sc2ccccc2)C(=O)O1. The maximum atomic E-state index is 13.8. The molecule has 2 aliphatic rings. The van der Waals surface area contributed by atoms with E-state index in [1.54, 1.807) is 0 Å². The number of aliphatic hydroxyl groups is 1. The molecule has 1 unspecified atom stereocenters. The zero-order valence-electron chi connectivity index (χ0n) is 26.0. The minimum atomic E-state index is -0.957. The van der Waals surface area contributed by atoms with Gasteiger partial charge < -0.3 is 0 Å². The molecule has 3 aromatic rings. The molecule has 1 heterocycles. The third kappa shape index (κ3) is 8.96. The third-order valence-electron chi connectivity index (χ3n) is 8.86. The molecule has 1 saturated carbocycles. The van der Waals surface area contributed by atoms with E-state index in [-0.39, 0.29) is 31.6 Å². The molecule has 0 bridgehead atoms. The topological polar surface area (TPSA) is 55.8 Å². The number of aliphatic hydroxyl groups excluding tert-OH is 1. The third-order valence-corrected chi connectivity index (χ3v) is 14.6. The van der Waals surface area contributed by atoms with Gasteiger partial charge in [-0.25, -0.2) is 0 Å². The number of esters is 1. The van der Waals surface area contributed by atoms with Crippen LogP contribution < -0.4 is 4.46 Å². The Kier molecular flexibility index (Phi) is 12.4. The minimum absolute atomic E-state index is 0.0829. The van der Waals surface area contributed by atoms with E-state index >= 15 is 0 Å². The van der Waals surface area contributed by atoms with E-state index in [0.29, 0.717) is 30.6 Å². The van der Waals surface area contributed by atoms with Crippen molar-refractivity contribution in [3.05, 3.63) is 91.0 Å². The van der Waals surface area contributed by atoms with Crippen LogP contribution in [-0.2, 0) is 14.3 Å². The molecule has 0 radical (unpaired) electrons. The van der Waals surface area contributed by atoms with Crippen molar-refractivity contribution in [3.8, 4) is 0 Å². The van der Waals surface area contributed by atoms with Crippen molar-refractivity contribution in [1.82, 2.24) is 0 Å². The molecular weight excluding hydrogens is 651 g/mol. The zero-order chi connectivity index (χ0) is 30.9. The number of hydrogen-bond donors (Lipinski definition) is 1. The fraction of sp³-hybridized carbons (Fsp3) is 0.486. The molecule has 3 aromatic carbocycles. The van der Waals surface area contributed by atoms with Crippen LogP contribution in [0.1, 0.15) is 65.7 Å². The van der Waals surface area contributed by atoms with E-state index < -0.39 is 16.7 Å². The summed E-state index contributed by atoms with van der Waals surface area (Å²) in [6.07, 6.45) is 4.74. The van der Waals surface area contributed by atoms with E-state index in [1.807, 2.05) is 53.9 Å². The van der Waals surface area contributed by atoms with Crippen molar-refractivity contribution in [1.29, 1.82) is 0 Å². The number of carbonyl (C=O) groups is 1. The van der Waals surface area contributed by atoms with Crippen LogP contribution in [0.5, 0.6) is 0 Å². The molecule has 1 aliphatic carbocycles. The summed E-state index contributed by atoms with van der Waals surface area (Å²) in [4.78, 5) is 16.3. The second-order valence-electron chi connectivity index (χ2n) is 12.6. The molecule has 7 heteroatoms. The van der Waals surface area contributed by atoms with Gasteiger partial charge in [0.1, 0.15) is 0 Å². The van der Waals surface area contributed by atoms with Gasteiger partial charge in [-0.2, -0.15) is 0 Å². The van der Waals surface area contributed by atoms with Crippen LogP contribution in [0.2, 0.25) is 4.31 Å². The van der Waals surface area contributed by atoms with Crippen LogP contribution in [0.4, 0.5) is 0 Å². The summed E-state index contributed by atoms with van der Waals surface area (Å²) in [7, 11) is 0. The Balaban J connectivity index is 1.29. The van der Waals surface area contributed by atoms with Gasteiger partial charge >= 0.3 is 280 Å². The average Bonchev–Trinajstić information content (AvgIpc) is 3.33. The Morgan fingerprint density at radius 1 is 0.909 bits per heavy atom. The Morgan fingerprint density at radius 3 is 2.09 bits per heavy atom. The monoisotopic (exact) mass is 698 g/mol. The van der Waals surface area contributed by atoms with Crippen molar-refractivity contribution in [2.24, 2.45) is 17.8 Å². The van der Waals surface area contributed by atoms with Gasteiger partial charge in [0.15, 0.2) is 0 Å². The van der Waals surface area contributed by atoms with Crippen molar-refractivity contribution in [3.63, 3.8) is 0 Å². The molecule has 0 aromatic heterocycles. The molecule has 1 saturated heterocycles. The van der Waals surface area contributed by atoms with Gasteiger partial charge in [-0.3, -0.25) is 0 Å². The quantitative estimate of drug-likeness (QED) is 0.0791. The van der Waals surface area contributed by atoms with E-state index in [1.165, 1.54) is 16.2 Å². The molecular formula is C37H46O4S2Se. The first-order valence-electron chi connectivity index (χ1n) is 16.0. The zero-order valence-corrected chi connectivity index (χ0v) is 29.4. The predicted octanol–water partition coefficient (Wildman–Crippen LogP) is 8.37. The first-order chi connectivity index (χ1) is 21.3. The first kappa shape index (κ1) is 33.6. The summed E-state index contributed by atoms with van der Waals surface area (Å²) < 4.78 is 13.1. The molecule has 0 spiro atoms. The molecule has 1 N–H and O–H groups in total. The van der Waals surface area contributed by atoms with Crippen molar-refractivity contribution >= 4 is 48.9 Å². The van der Waals surface area contributed by atoms with Crippen molar-refractivity contribution < 1.29 is 19.4 Å². The van der Waals surface area contributed by atoms with Gasteiger partial charge in [0, 0.05) is 0 Å². The molecule has 44 heavy (non-hydrogen) atoms. The van der Waals surface area contributed by atoms with Crippen molar-refractivity contribution in [2.45, 2.75) is 103 Å². The van der Waals surface area contributed by atoms with Gasteiger partial charge in [-0.05, 0) is 0 Å². The van der Waals surface area contributed by atoms with Gasteiger partial charge in [0.05, 0.1) is 0 Å². The molecule has 1 aliphatic heterocycles. The van der Waals surface area contributed by atoms with Crippen LogP contribution in [-0.4, -0.2) is 49.1 Å². The Labute approximate surface area is 278 Å². The fourth-order valence-corrected chi connectivity index (χ4v) is 11.8. The first-order valence-corrected chi connectivity index (χ1v) is 19.5. The molecule has 5 rings (SSSR count). The molecule has 6 atom stereocenters. The second-order valence-corrected chi connectivity index (χ2v) is 18.4. The number of thioether (sulfide) groups is 2. The Morgan fingerprint density at radius 2 is 1.50 bits per heavy atom. The van der Waals surface area contributed by atoms with Crippen LogP contribution >= 0.6 is 23.5 Å². The number of hydrogen-bond acceptors (Lipinski definition) is 6. The average molecular weight is 698 g/mol. The summed E-state index contributed by atoms with van der Waals surface area (Å²) in [5.74, 6) is 1.29. The summed E-state index contributed by atoms with van der Waals surface area (Å²) >= 11 is 3.44. The van der Waals surface area contributed by atoms with Gasteiger partial charge in [0.25, 0.3) is 0 Å². The van der Waals surface area contributed by atoms with Crippen LogP contribution in [0.15, 0.2) is 101 Å². The number of carbonyl (C=O) groups excluding carboxylic acids is 1. The van der Waals surface area contributed by atoms with E-state index in [4.69, 9.17) is 9.47 Å². The Bertz CT molecular complexity index is 1250. The van der Waals surface area contributed by atoms with Gasteiger partial charge in [-0.1, -0.05) is 0 Å². The number of rotatable bonds is 14. The molecule has 2 fully saturated rings. The van der Waals surface area contributed by atoms with Crippen LogP contribution in [0.25, 0.3) is 0 Å². The van der Waals surface area contributed by atoms with Crippen LogP contribution in [0, 0.1) is 17.8 Å². The summed E-state index contributed by atoms with van der Waals surface area (Å²) in [5.41, 5.74) is 0. The van der Waals surface area contributed by atoms with Crippen LogP contribution in [0.3, 0.4) is 0 Å². The second kappa shape index (κ2) is 16.2. The van der Waals surface area contributed by atoms with Crippen molar-refractivity contribution in [2.75, 3.05) is 0 Å². The maximum absolute atomic E-state index is 13.8. The van der Waals surface area contributed by atoms with E-state index in [9.17, 15) is 9.90 Å². The van der Waals surface area contributed by atoms with Gasteiger partial charge in [0.2, 0.25) is 0 Å². The van der Waals surface area contributed by atoms with Gasteiger partial charge in [-0.15, -0.1) is 0 Å². The number of cyclic esters (lactones) is 1. The fourth-order valence-electron chi connectivity index (χ4n) is 6.41. The van der Waals surface area contributed by atoms with E-state index in [0.717, 1.165) is 30.1 Å². The molecule has 0 amide bonds. The van der Waals surface area contributed by atoms with E-state index in [2.05, 4.69) is 81.4 Å². The normalized spacial score (nSPS) is 26.2. The summed E-state index contributed by atoms with van der Waals surface area (Å²) in [5, 5.41) is 11.9. The molecule has 236 valence electrons.